The fourth-order valence-corrected chi connectivity index (χ4v) is 1.59. The molecule has 1 saturated carbocycles. The molecule has 1 fully saturated rings. The number of nitrogens with zero attached hydrogens (tertiary/aromatic N) is 4. The van der Waals surface area contributed by atoms with Gasteiger partial charge in [0, 0.05) is 26.1 Å². The van der Waals surface area contributed by atoms with Crippen LogP contribution in [0.1, 0.15) is 36.7 Å². The molecule has 15 heavy (non-hydrogen) atoms. The van der Waals surface area contributed by atoms with Crippen LogP contribution in [0.15, 0.2) is 6.07 Å². The predicted octanol–water partition coefficient (Wildman–Crippen LogP) is 1.68. The Balaban J connectivity index is 2.37. The third kappa shape index (κ3) is 1.91. The SMILES string of the molecule is CN(C)c1cc(C#N)nc(C2CCC2)n1. The van der Waals surface area contributed by atoms with Gasteiger partial charge in [-0.05, 0) is 12.8 Å². The van der Waals surface area contributed by atoms with E-state index in [0.717, 1.165) is 24.5 Å². The standard InChI is InChI=1S/C11H14N4/c1-15(2)10-6-9(7-12)13-11(14-10)8-4-3-5-8/h6,8H,3-5H2,1-2H3. The van der Waals surface area contributed by atoms with Crippen LogP contribution in [-0.4, -0.2) is 24.1 Å². The van der Waals surface area contributed by atoms with E-state index in [1.807, 2.05) is 19.0 Å². The summed E-state index contributed by atoms with van der Waals surface area (Å²) in [5.41, 5.74) is 0.468. The van der Waals surface area contributed by atoms with Gasteiger partial charge in [0.2, 0.25) is 0 Å². The van der Waals surface area contributed by atoms with Crippen molar-refractivity contribution in [3.63, 3.8) is 0 Å². The van der Waals surface area contributed by atoms with Gasteiger partial charge < -0.3 is 4.90 Å². The molecule has 0 bridgehead atoms. The van der Waals surface area contributed by atoms with Crippen molar-refractivity contribution in [2.24, 2.45) is 0 Å². The lowest BCUT2D eigenvalue weighted by Crippen LogP contribution is -2.17. The van der Waals surface area contributed by atoms with E-state index in [4.69, 9.17) is 5.26 Å². The maximum absolute atomic E-state index is 8.88. The summed E-state index contributed by atoms with van der Waals surface area (Å²) in [6, 6.07) is 3.81. The quantitative estimate of drug-likeness (QED) is 0.732. The molecule has 0 atom stereocenters. The van der Waals surface area contributed by atoms with E-state index in [0.29, 0.717) is 11.6 Å². The van der Waals surface area contributed by atoms with Crippen molar-refractivity contribution >= 4 is 5.82 Å². The molecule has 1 heterocycles. The van der Waals surface area contributed by atoms with Crippen LogP contribution >= 0.6 is 0 Å². The molecule has 1 aromatic heterocycles. The van der Waals surface area contributed by atoms with E-state index in [9.17, 15) is 0 Å². The maximum atomic E-state index is 8.88. The first-order valence-electron chi connectivity index (χ1n) is 5.17. The number of hydrogen-bond acceptors (Lipinski definition) is 4. The first kappa shape index (κ1) is 9.91. The van der Waals surface area contributed by atoms with Crippen molar-refractivity contribution < 1.29 is 0 Å². The second-order valence-corrected chi connectivity index (χ2v) is 4.10. The minimum Gasteiger partial charge on any atom is -0.363 e. The lowest BCUT2D eigenvalue weighted by atomic mass is 9.85. The van der Waals surface area contributed by atoms with Crippen molar-refractivity contribution in [1.82, 2.24) is 9.97 Å². The van der Waals surface area contributed by atoms with Gasteiger partial charge in [0.25, 0.3) is 0 Å². The monoisotopic (exact) mass is 202 g/mol. The Labute approximate surface area is 89.6 Å². The molecule has 4 nitrogen and oxygen atoms in total. The van der Waals surface area contributed by atoms with Gasteiger partial charge >= 0.3 is 0 Å². The van der Waals surface area contributed by atoms with Gasteiger partial charge in [-0.2, -0.15) is 5.26 Å². The van der Waals surface area contributed by atoms with Crippen LogP contribution in [0, 0.1) is 11.3 Å². The molecule has 0 amide bonds. The van der Waals surface area contributed by atoms with Gasteiger partial charge in [-0.3, -0.25) is 0 Å². The van der Waals surface area contributed by atoms with E-state index in [-0.39, 0.29) is 0 Å². The van der Waals surface area contributed by atoms with Crippen LogP contribution in [0.3, 0.4) is 0 Å². The molecule has 4 heteroatoms. The second kappa shape index (κ2) is 3.85. The number of anilines is 1. The molecular formula is C11H14N4. The normalized spacial score (nSPS) is 15.5. The average Bonchev–Trinajstić information content (AvgIpc) is 2.14. The Bertz CT molecular complexity index is 402. The minimum absolute atomic E-state index is 0.468. The highest BCUT2D eigenvalue weighted by Crippen LogP contribution is 2.34. The topological polar surface area (TPSA) is 52.8 Å². The van der Waals surface area contributed by atoms with E-state index >= 15 is 0 Å². The molecule has 0 unspecified atom stereocenters. The van der Waals surface area contributed by atoms with Gasteiger partial charge in [0.05, 0.1) is 0 Å². The molecule has 0 saturated heterocycles. The summed E-state index contributed by atoms with van der Waals surface area (Å²) in [7, 11) is 3.85. The molecule has 2 rings (SSSR count). The Kier molecular flexibility index (Phi) is 2.55. The molecule has 0 aromatic carbocycles. The van der Waals surface area contributed by atoms with Crippen molar-refractivity contribution in [2.45, 2.75) is 25.2 Å². The van der Waals surface area contributed by atoms with E-state index in [1.54, 1.807) is 6.07 Å². The summed E-state index contributed by atoms with van der Waals surface area (Å²) >= 11 is 0. The Morgan fingerprint density at radius 1 is 1.40 bits per heavy atom. The van der Waals surface area contributed by atoms with Crippen molar-refractivity contribution in [3.05, 3.63) is 17.6 Å². The molecule has 0 spiro atoms. The van der Waals surface area contributed by atoms with E-state index in [2.05, 4.69) is 16.0 Å². The zero-order valence-electron chi connectivity index (χ0n) is 9.06. The number of rotatable bonds is 2. The maximum Gasteiger partial charge on any atom is 0.146 e. The fraction of sp³-hybridized carbons (Fsp3) is 0.545. The second-order valence-electron chi connectivity index (χ2n) is 4.10. The third-order valence-corrected chi connectivity index (χ3v) is 2.77. The molecule has 0 N–H and O–H groups in total. The minimum atomic E-state index is 0.468. The van der Waals surface area contributed by atoms with Gasteiger partial charge in [-0.25, -0.2) is 9.97 Å². The van der Waals surface area contributed by atoms with Gasteiger partial charge in [-0.15, -0.1) is 0 Å². The molecule has 78 valence electrons. The van der Waals surface area contributed by atoms with Crippen LogP contribution in [0.25, 0.3) is 0 Å². The van der Waals surface area contributed by atoms with Crippen molar-refractivity contribution in [3.8, 4) is 6.07 Å². The average molecular weight is 202 g/mol. The molecule has 0 aliphatic heterocycles. The Morgan fingerprint density at radius 2 is 2.13 bits per heavy atom. The van der Waals surface area contributed by atoms with Crippen molar-refractivity contribution in [2.75, 3.05) is 19.0 Å². The molecule has 1 aliphatic carbocycles. The first-order chi connectivity index (χ1) is 7.20. The highest BCUT2D eigenvalue weighted by Gasteiger charge is 2.23. The number of aromatic nitrogens is 2. The summed E-state index contributed by atoms with van der Waals surface area (Å²) in [5, 5.41) is 8.88. The lowest BCUT2D eigenvalue weighted by molar-refractivity contribution is 0.401. The first-order valence-corrected chi connectivity index (χ1v) is 5.17. The molecule has 1 aliphatic rings. The summed E-state index contributed by atoms with van der Waals surface area (Å²) < 4.78 is 0. The van der Waals surface area contributed by atoms with Crippen molar-refractivity contribution in [1.29, 1.82) is 5.26 Å². The van der Waals surface area contributed by atoms with Crippen LogP contribution in [-0.2, 0) is 0 Å². The zero-order valence-corrected chi connectivity index (χ0v) is 9.06. The summed E-state index contributed by atoms with van der Waals surface area (Å²) in [5.74, 6) is 2.13. The van der Waals surface area contributed by atoms with E-state index < -0.39 is 0 Å². The number of nitriles is 1. The van der Waals surface area contributed by atoms with Gasteiger partial charge in [-0.1, -0.05) is 6.42 Å². The summed E-state index contributed by atoms with van der Waals surface area (Å²) in [6.07, 6.45) is 3.56. The Morgan fingerprint density at radius 3 is 2.60 bits per heavy atom. The van der Waals surface area contributed by atoms with Crippen LogP contribution in [0.4, 0.5) is 5.82 Å². The van der Waals surface area contributed by atoms with Gasteiger partial charge in [0.1, 0.15) is 23.4 Å². The fourth-order valence-electron chi connectivity index (χ4n) is 1.59. The molecule has 0 radical (unpaired) electrons. The summed E-state index contributed by atoms with van der Waals surface area (Å²) in [6.45, 7) is 0. The smallest absolute Gasteiger partial charge is 0.146 e. The van der Waals surface area contributed by atoms with Crippen LogP contribution in [0.5, 0.6) is 0 Å². The Hall–Kier alpha value is -1.63. The molecular weight excluding hydrogens is 188 g/mol. The van der Waals surface area contributed by atoms with Crippen LogP contribution < -0.4 is 4.90 Å². The molecule has 1 aromatic rings. The third-order valence-electron chi connectivity index (χ3n) is 2.77. The lowest BCUT2D eigenvalue weighted by Gasteiger charge is -2.24. The zero-order chi connectivity index (χ0) is 10.8. The summed E-state index contributed by atoms with van der Waals surface area (Å²) in [4.78, 5) is 10.6. The van der Waals surface area contributed by atoms with E-state index in [1.165, 1.54) is 6.42 Å². The predicted molar refractivity (Wildman–Crippen MR) is 57.7 cm³/mol. The number of hydrogen-bond donors (Lipinski definition) is 0. The van der Waals surface area contributed by atoms with Crippen LogP contribution in [0.2, 0.25) is 0 Å². The highest BCUT2D eigenvalue weighted by molar-refractivity contribution is 5.41. The van der Waals surface area contributed by atoms with Gasteiger partial charge in [0.15, 0.2) is 0 Å². The largest absolute Gasteiger partial charge is 0.363 e. The highest BCUT2D eigenvalue weighted by atomic mass is 15.1.